The van der Waals surface area contributed by atoms with Crippen molar-refractivity contribution in [3.63, 3.8) is 0 Å². The van der Waals surface area contributed by atoms with Gasteiger partial charge in [-0.15, -0.1) is 0 Å². The zero-order chi connectivity index (χ0) is 9.87. The van der Waals surface area contributed by atoms with Crippen LogP contribution in [0.25, 0.3) is 0 Å². The fourth-order valence-corrected chi connectivity index (χ4v) is 5.59. The Labute approximate surface area is 101 Å². The minimum absolute atomic E-state index is 1.02. The molecule has 6 atom stereocenters. The molecule has 3 aliphatic carbocycles. The van der Waals surface area contributed by atoms with Crippen molar-refractivity contribution < 1.29 is 0 Å². The lowest BCUT2D eigenvalue weighted by molar-refractivity contribution is -0.0256. The Morgan fingerprint density at radius 3 is 2.14 bits per heavy atom. The molecule has 80 valence electrons. The van der Waals surface area contributed by atoms with Crippen LogP contribution in [0.15, 0.2) is 0 Å². The van der Waals surface area contributed by atoms with Crippen LogP contribution in [0.2, 0.25) is 0 Å². The molecule has 3 rings (SSSR count). The van der Waals surface area contributed by atoms with Gasteiger partial charge in [-0.2, -0.15) is 0 Å². The summed E-state index contributed by atoms with van der Waals surface area (Å²) in [6.45, 7) is 4.93. The van der Waals surface area contributed by atoms with E-state index < -0.39 is 0 Å². The molecule has 3 saturated carbocycles. The summed E-state index contributed by atoms with van der Waals surface area (Å²) in [5, 5.41) is 0. The third-order valence-corrected chi connectivity index (χ3v) is 6.68. The molecule has 0 aromatic rings. The maximum Gasteiger partial charge on any atom is 0.0146 e. The second-order valence-electron chi connectivity index (χ2n) is 6.07. The number of hydrogen-bond acceptors (Lipinski definition) is 0. The molecule has 0 aromatic heterocycles. The standard InChI is InChI=1S/C13H21I/c1-7-5-10(8(7)2)11-6-12(14)13(11)9-3-4-9/h7-13H,3-6H2,1-2H3/t7-,8?,10?,11?,12?,13?/m1/s1. The molecule has 5 unspecified atom stereocenters. The van der Waals surface area contributed by atoms with Crippen molar-refractivity contribution in [2.45, 2.75) is 43.5 Å². The fraction of sp³-hybridized carbons (Fsp3) is 1.00. The Morgan fingerprint density at radius 2 is 1.71 bits per heavy atom. The fourth-order valence-electron chi connectivity index (χ4n) is 3.88. The summed E-state index contributed by atoms with van der Waals surface area (Å²) in [7, 11) is 0. The van der Waals surface area contributed by atoms with Gasteiger partial charge < -0.3 is 0 Å². The van der Waals surface area contributed by atoms with E-state index in [1.54, 1.807) is 25.7 Å². The van der Waals surface area contributed by atoms with E-state index in [4.69, 9.17) is 0 Å². The predicted octanol–water partition coefficient (Wildman–Crippen LogP) is 4.13. The molecule has 3 fully saturated rings. The van der Waals surface area contributed by atoms with E-state index in [1.165, 1.54) is 0 Å². The van der Waals surface area contributed by atoms with Crippen LogP contribution in [-0.2, 0) is 0 Å². The van der Waals surface area contributed by atoms with Crippen molar-refractivity contribution in [3.8, 4) is 0 Å². The highest BCUT2D eigenvalue weighted by molar-refractivity contribution is 14.1. The molecule has 0 spiro atoms. The molecule has 3 aliphatic rings. The van der Waals surface area contributed by atoms with Crippen molar-refractivity contribution >= 4 is 22.6 Å². The van der Waals surface area contributed by atoms with Crippen LogP contribution in [-0.4, -0.2) is 3.92 Å². The van der Waals surface area contributed by atoms with Crippen molar-refractivity contribution in [2.75, 3.05) is 0 Å². The van der Waals surface area contributed by atoms with E-state index in [2.05, 4.69) is 36.4 Å². The lowest BCUT2D eigenvalue weighted by Crippen LogP contribution is -2.50. The smallest absolute Gasteiger partial charge is 0.0146 e. The average Bonchev–Trinajstić information content (AvgIpc) is 2.94. The van der Waals surface area contributed by atoms with Crippen LogP contribution < -0.4 is 0 Å². The zero-order valence-corrected chi connectivity index (χ0v) is 11.4. The van der Waals surface area contributed by atoms with E-state index in [1.807, 2.05) is 0 Å². The number of alkyl halides is 1. The molecule has 0 amide bonds. The molecule has 0 N–H and O–H groups in total. The van der Waals surface area contributed by atoms with E-state index >= 15 is 0 Å². The van der Waals surface area contributed by atoms with Gasteiger partial charge in [-0.05, 0) is 61.2 Å². The van der Waals surface area contributed by atoms with Gasteiger partial charge in [-0.1, -0.05) is 36.4 Å². The Bertz CT molecular complexity index is 231. The molecule has 0 nitrogen and oxygen atoms in total. The summed E-state index contributed by atoms with van der Waals surface area (Å²) in [4.78, 5) is 0. The van der Waals surface area contributed by atoms with Gasteiger partial charge in [0.1, 0.15) is 0 Å². The van der Waals surface area contributed by atoms with Gasteiger partial charge in [0, 0.05) is 3.92 Å². The normalized spacial score (nSPS) is 57.6. The maximum atomic E-state index is 2.71. The highest BCUT2D eigenvalue weighted by Gasteiger charge is 2.54. The summed E-state index contributed by atoms with van der Waals surface area (Å²) in [6.07, 6.45) is 6.19. The van der Waals surface area contributed by atoms with Crippen LogP contribution in [0, 0.1) is 35.5 Å². The van der Waals surface area contributed by atoms with Gasteiger partial charge >= 0.3 is 0 Å². The topological polar surface area (TPSA) is 0 Å². The van der Waals surface area contributed by atoms with E-state index in [9.17, 15) is 0 Å². The Balaban J connectivity index is 1.63. The van der Waals surface area contributed by atoms with Gasteiger partial charge in [0.25, 0.3) is 0 Å². The number of halogens is 1. The SMILES string of the molecule is CC1C(C2CC(I)C2C2CC2)C[C@H]1C. The lowest BCUT2D eigenvalue weighted by atomic mass is 9.53. The first-order valence-corrected chi connectivity index (χ1v) is 7.57. The van der Waals surface area contributed by atoms with Crippen LogP contribution in [0.3, 0.4) is 0 Å². The first-order chi connectivity index (χ1) is 6.68. The average molecular weight is 304 g/mol. The highest BCUT2D eigenvalue weighted by atomic mass is 127. The molecule has 0 saturated heterocycles. The third kappa shape index (κ3) is 1.37. The molecular weight excluding hydrogens is 283 g/mol. The van der Waals surface area contributed by atoms with Gasteiger partial charge in [0.15, 0.2) is 0 Å². The van der Waals surface area contributed by atoms with Crippen LogP contribution in [0.4, 0.5) is 0 Å². The first kappa shape index (κ1) is 9.92. The lowest BCUT2D eigenvalue weighted by Gasteiger charge is -2.55. The minimum atomic E-state index is 1.02. The third-order valence-electron chi connectivity index (χ3n) is 5.34. The summed E-state index contributed by atoms with van der Waals surface area (Å²) in [6, 6.07) is 0. The largest absolute Gasteiger partial charge is 0.0823 e. The van der Waals surface area contributed by atoms with Crippen LogP contribution in [0.1, 0.15) is 39.5 Å². The van der Waals surface area contributed by atoms with Crippen LogP contribution in [0.5, 0.6) is 0 Å². The Kier molecular flexibility index (Phi) is 2.38. The molecule has 0 bridgehead atoms. The monoisotopic (exact) mass is 304 g/mol. The Hall–Kier alpha value is 0.730. The summed E-state index contributed by atoms with van der Waals surface area (Å²) in [5.74, 6) is 6.59. The van der Waals surface area contributed by atoms with Crippen molar-refractivity contribution in [2.24, 2.45) is 35.5 Å². The van der Waals surface area contributed by atoms with Crippen molar-refractivity contribution in [1.82, 2.24) is 0 Å². The summed E-state index contributed by atoms with van der Waals surface area (Å²) < 4.78 is 1.04. The van der Waals surface area contributed by atoms with Gasteiger partial charge in [-0.3, -0.25) is 0 Å². The number of rotatable bonds is 2. The molecule has 0 aromatic carbocycles. The molecule has 0 heterocycles. The van der Waals surface area contributed by atoms with Gasteiger partial charge in [-0.25, -0.2) is 0 Å². The molecule has 1 heteroatoms. The molecule has 0 radical (unpaired) electrons. The second kappa shape index (κ2) is 3.36. The van der Waals surface area contributed by atoms with Crippen LogP contribution >= 0.6 is 22.6 Å². The summed E-state index contributed by atoms with van der Waals surface area (Å²) in [5.41, 5.74) is 0. The highest BCUT2D eigenvalue weighted by Crippen LogP contribution is 2.60. The van der Waals surface area contributed by atoms with Crippen molar-refractivity contribution in [1.29, 1.82) is 0 Å². The van der Waals surface area contributed by atoms with E-state index in [-0.39, 0.29) is 0 Å². The maximum absolute atomic E-state index is 2.71. The second-order valence-corrected chi connectivity index (χ2v) is 7.67. The van der Waals surface area contributed by atoms with E-state index in [0.29, 0.717) is 0 Å². The molecule has 0 aliphatic heterocycles. The molecular formula is C13H21I. The molecule has 14 heavy (non-hydrogen) atoms. The van der Waals surface area contributed by atoms with Gasteiger partial charge in [0.05, 0.1) is 0 Å². The zero-order valence-electron chi connectivity index (χ0n) is 9.25. The van der Waals surface area contributed by atoms with Gasteiger partial charge in [0.2, 0.25) is 0 Å². The quantitative estimate of drug-likeness (QED) is 0.531. The first-order valence-electron chi connectivity index (χ1n) is 6.32. The minimum Gasteiger partial charge on any atom is -0.0823 e. The predicted molar refractivity (Wildman–Crippen MR) is 68.6 cm³/mol. The van der Waals surface area contributed by atoms with Crippen molar-refractivity contribution in [3.05, 3.63) is 0 Å². The Morgan fingerprint density at radius 1 is 1.00 bits per heavy atom. The summed E-state index contributed by atoms with van der Waals surface area (Å²) >= 11 is 2.71. The number of hydrogen-bond donors (Lipinski definition) is 0. The van der Waals surface area contributed by atoms with E-state index in [0.717, 1.165) is 39.4 Å².